The SMILES string of the molecule is COC(=O)CCCCCCNC(=O)C(C)NS(=O)(=O)c1ccccc1C(F)(F)F. The Morgan fingerprint density at radius 1 is 1.10 bits per heavy atom. The zero-order chi connectivity index (χ0) is 22.1. The highest BCUT2D eigenvalue weighted by molar-refractivity contribution is 7.89. The number of benzene rings is 1. The highest BCUT2D eigenvalue weighted by atomic mass is 32.2. The van der Waals surface area contributed by atoms with E-state index in [2.05, 4.69) is 10.1 Å². The van der Waals surface area contributed by atoms with Crippen LogP contribution in [0.3, 0.4) is 0 Å². The highest BCUT2D eigenvalue weighted by Crippen LogP contribution is 2.33. The standard InChI is InChI=1S/C18H25F3N2O5S/c1-13(17(25)22-12-8-4-3-5-11-16(24)28-2)23-29(26,27)15-10-7-6-9-14(15)18(19,20)21/h6-7,9-10,13,23H,3-5,8,11-12H2,1-2H3,(H,22,25). The number of carbonyl (C=O) groups excluding carboxylic acids is 2. The molecule has 0 aliphatic rings. The average Bonchev–Trinajstić information content (AvgIpc) is 2.65. The Hall–Kier alpha value is -2.14. The molecular formula is C18H25F3N2O5S. The molecule has 7 nitrogen and oxygen atoms in total. The quantitative estimate of drug-likeness (QED) is 0.409. The third-order valence-corrected chi connectivity index (χ3v) is 5.64. The minimum Gasteiger partial charge on any atom is -0.469 e. The van der Waals surface area contributed by atoms with Crippen LogP contribution in [-0.4, -0.2) is 40.0 Å². The molecule has 1 rings (SSSR count). The Morgan fingerprint density at radius 3 is 2.34 bits per heavy atom. The Morgan fingerprint density at radius 2 is 1.72 bits per heavy atom. The highest BCUT2D eigenvalue weighted by Gasteiger charge is 2.37. The van der Waals surface area contributed by atoms with Crippen LogP contribution in [0.2, 0.25) is 0 Å². The summed E-state index contributed by atoms with van der Waals surface area (Å²) in [4.78, 5) is 22.1. The number of unbranched alkanes of at least 4 members (excludes halogenated alkanes) is 3. The van der Waals surface area contributed by atoms with Gasteiger partial charge in [-0.05, 0) is 31.9 Å². The second kappa shape index (κ2) is 11.1. The smallest absolute Gasteiger partial charge is 0.417 e. The molecule has 0 heterocycles. The van der Waals surface area contributed by atoms with Crippen LogP contribution in [0.15, 0.2) is 29.2 Å². The number of rotatable bonds is 11. The fourth-order valence-electron chi connectivity index (χ4n) is 2.50. The summed E-state index contributed by atoms with van der Waals surface area (Å²) < 4.78 is 70.2. The average molecular weight is 438 g/mol. The van der Waals surface area contributed by atoms with Gasteiger partial charge in [-0.2, -0.15) is 17.9 Å². The van der Waals surface area contributed by atoms with Crippen LogP contribution in [0, 0.1) is 0 Å². The van der Waals surface area contributed by atoms with Gasteiger partial charge in [0.15, 0.2) is 0 Å². The van der Waals surface area contributed by atoms with Crippen molar-refractivity contribution in [2.24, 2.45) is 0 Å². The van der Waals surface area contributed by atoms with Crippen LogP contribution in [0.5, 0.6) is 0 Å². The molecular weight excluding hydrogens is 413 g/mol. The zero-order valence-corrected chi connectivity index (χ0v) is 17.0. The number of alkyl halides is 3. The number of esters is 1. The summed E-state index contributed by atoms with van der Waals surface area (Å²) in [5.41, 5.74) is -1.30. The number of nitrogens with one attached hydrogen (secondary N) is 2. The van der Waals surface area contributed by atoms with Crippen LogP contribution in [0.25, 0.3) is 0 Å². The molecule has 0 saturated heterocycles. The summed E-state index contributed by atoms with van der Waals surface area (Å²) in [6.45, 7) is 1.53. The van der Waals surface area contributed by atoms with E-state index in [0.29, 0.717) is 25.3 Å². The molecule has 11 heteroatoms. The molecule has 0 fully saturated rings. The molecule has 0 radical (unpaired) electrons. The second-order valence-electron chi connectivity index (χ2n) is 6.37. The van der Waals surface area contributed by atoms with E-state index in [4.69, 9.17) is 0 Å². The first-order chi connectivity index (χ1) is 13.5. The molecule has 0 aliphatic carbocycles. The molecule has 0 saturated carbocycles. The minimum absolute atomic E-state index is 0.280. The maximum Gasteiger partial charge on any atom is 0.417 e. The lowest BCUT2D eigenvalue weighted by Crippen LogP contribution is -2.45. The summed E-state index contributed by atoms with van der Waals surface area (Å²) in [6, 6.07) is 2.52. The van der Waals surface area contributed by atoms with Gasteiger partial charge in [0.2, 0.25) is 15.9 Å². The third-order valence-electron chi connectivity index (χ3n) is 4.04. The molecule has 2 N–H and O–H groups in total. The number of hydrogen-bond acceptors (Lipinski definition) is 5. The summed E-state index contributed by atoms with van der Waals surface area (Å²) in [7, 11) is -3.23. The molecule has 164 valence electrons. The number of methoxy groups -OCH3 is 1. The lowest BCUT2D eigenvalue weighted by Gasteiger charge is -2.17. The van der Waals surface area contributed by atoms with E-state index in [9.17, 15) is 31.2 Å². The van der Waals surface area contributed by atoms with Crippen LogP contribution in [0.4, 0.5) is 13.2 Å². The lowest BCUT2D eigenvalue weighted by molar-refractivity contribution is -0.141. The second-order valence-corrected chi connectivity index (χ2v) is 8.05. The van der Waals surface area contributed by atoms with E-state index in [-0.39, 0.29) is 12.5 Å². The maximum atomic E-state index is 13.0. The summed E-state index contributed by atoms with van der Waals surface area (Å²) in [5, 5.41) is 2.53. The summed E-state index contributed by atoms with van der Waals surface area (Å²) >= 11 is 0. The van der Waals surface area contributed by atoms with E-state index in [0.717, 1.165) is 25.0 Å². The fourth-order valence-corrected chi connectivity index (χ4v) is 3.93. The first-order valence-corrected chi connectivity index (χ1v) is 10.5. The van der Waals surface area contributed by atoms with Gasteiger partial charge in [-0.1, -0.05) is 25.0 Å². The number of hydrogen-bond donors (Lipinski definition) is 2. The fraction of sp³-hybridized carbons (Fsp3) is 0.556. The normalized spacial score (nSPS) is 13.0. The topological polar surface area (TPSA) is 102 Å². The van der Waals surface area contributed by atoms with Gasteiger partial charge in [-0.15, -0.1) is 0 Å². The van der Waals surface area contributed by atoms with Crippen LogP contribution >= 0.6 is 0 Å². The molecule has 1 atom stereocenters. The largest absolute Gasteiger partial charge is 0.469 e. The van der Waals surface area contributed by atoms with Crippen molar-refractivity contribution in [3.63, 3.8) is 0 Å². The Balaban J connectivity index is 2.51. The lowest BCUT2D eigenvalue weighted by atomic mass is 10.1. The number of amides is 1. The Labute approximate surface area is 168 Å². The minimum atomic E-state index is -4.84. The predicted molar refractivity (Wildman–Crippen MR) is 99.3 cm³/mol. The molecule has 0 aliphatic heterocycles. The molecule has 1 aromatic rings. The van der Waals surface area contributed by atoms with Gasteiger partial charge >= 0.3 is 12.1 Å². The molecule has 0 aromatic heterocycles. The number of sulfonamides is 1. The van der Waals surface area contributed by atoms with E-state index in [1.165, 1.54) is 20.1 Å². The molecule has 0 bridgehead atoms. The maximum absolute atomic E-state index is 13.0. The van der Waals surface area contributed by atoms with Gasteiger partial charge < -0.3 is 10.1 Å². The van der Waals surface area contributed by atoms with Gasteiger partial charge in [0, 0.05) is 13.0 Å². The van der Waals surface area contributed by atoms with E-state index < -0.39 is 38.6 Å². The van der Waals surface area contributed by atoms with E-state index in [1.54, 1.807) is 0 Å². The molecule has 1 aromatic carbocycles. The first-order valence-electron chi connectivity index (χ1n) is 9.02. The first kappa shape index (κ1) is 24.9. The summed E-state index contributed by atoms with van der Waals surface area (Å²) in [5.74, 6) is -0.931. The Kier molecular flexibility index (Phi) is 9.57. The zero-order valence-electron chi connectivity index (χ0n) is 16.2. The third kappa shape index (κ3) is 8.40. The van der Waals surface area contributed by atoms with Gasteiger partial charge in [0.1, 0.15) is 0 Å². The number of carbonyl (C=O) groups is 2. The van der Waals surface area contributed by atoms with Crippen molar-refractivity contribution in [1.82, 2.24) is 10.0 Å². The number of halogens is 3. The predicted octanol–water partition coefficient (Wildman–Crippen LogP) is 2.61. The van der Waals surface area contributed by atoms with Crippen LogP contribution in [0.1, 0.15) is 44.6 Å². The molecule has 1 amide bonds. The van der Waals surface area contributed by atoms with Crippen molar-refractivity contribution in [2.75, 3.05) is 13.7 Å². The molecule has 0 spiro atoms. The van der Waals surface area contributed by atoms with Crippen molar-refractivity contribution in [3.8, 4) is 0 Å². The summed E-state index contributed by atoms with van der Waals surface area (Å²) in [6.07, 6.45) is -1.73. The van der Waals surface area contributed by atoms with Gasteiger partial charge in [-0.25, -0.2) is 8.42 Å². The van der Waals surface area contributed by atoms with E-state index in [1.807, 2.05) is 4.72 Å². The number of ether oxygens (including phenoxy) is 1. The van der Waals surface area contributed by atoms with Crippen molar-refractivity contribution in [3.05, 3.63) is 29.8 Å². The van der Waals surface area contributed by atoms with Crippen molar-refractivity contribution >= 4 is 21.9 Å². The van der Waals surface area contributed by atoms with Gasteiger partial charge in [0.25, 0.3) is 0 Å². The molecule has 1 unspecified atom stereocenters. The monoisotopic (exact) mass is 438 g/mol. The van der Waals surface area contributed by atoms with E-state index >= 15 is 0 Å². The van der Waals surface area contributed by atoms with Crippen molar-refractivity contribution in [1.29, 1.82) is 0 Å². The van der Waals surface area contributed by atoms with Crippen molar-refractivity contribution < 1.29 is 35.9 Å². The Bertz CT molecular complexity index is 797. The van der Waals surface area contributed by atoms with Crippen LogP contribution < -0.4 is 10.0 Å². The van der Waals surface area contributed by atoms with Gasteiger partial charge in [0.05, 0.1) is 23.6 Å². The van der Waals surface area contributed by atoms with Crippen LogP contribution in [-0.2, 0) is 30.5 Å². The van der Waals surface area contributed by atoms with Gasteiger partial charge in [-0.3, -0.25) is 9.59 Å². The molecule has 29 heavy (non-hydrogen) atoms. The van der Waals surface area contributed by atoms with Crippen molar-refractivity contribution in [2.45, 2.75) is 56.1 Å².